The lowest BCUT2D eigenvalue weighted by Crippen LogP contribution is -2.27. The van der Waals surface area contributed by atoms with Crippen molar-refractivity contribution < 1.29 is 22.7 Å². The summed E-state index contributed by atoms with van der Waals surface area (Å²) in [6.45, 7) is -0.426. The van der Waals surface area contributed by atoms with E-state index in [0.29, 0.717) is 3.79 Å². The summed E-state index contributed by atoms with van der Waals surface area (Å²) in [4.78, 5) is 25.0. The molecule has 0 saturated carbocycles. The zero-order valence-electron chi connectivity index (χ0n) is 13.4. The van der Waals surface area contributed by atoms with Crippen molar-refractivity contribution in [1.29, 1.82) is 0 Å². The second-order valence-corrected chi connectivity index (χ2v) is 9.45. The number of thiophene rings is 1. The Bertz CT molecular complexity index is 893. The van der Waals surface area contributed by atoms with Crippen LogP contribution in [0.15, 0.2) is 44.4 Å². The highest BCUT2D eigenvalue weighted by atomic mass is 79.9. The normalized spacial score (nSPS) is 11.0. The second-order valence-electron chi connectivity index (χ2n) is 5.07. The van der Waals surface area contributed by atoms with Gasteiger partial charge < -0.3 is 9.64 Å². The fourth-order valence-corrected chi connectivity index (χ4v) is 4.81. The average Bonchev–Trinajstić information content (AvgIpc) is 2.99. The quantitative estimate of drug-likeness (QED) is 0.688. The third-order valence-corrected chi connectivity index (χ3v) is 6.51. The van der Waals surface area contributed by atoms with Crippen molar-refractivity contribution in [2.24, 2.45) is 0 Å². The zero-order valence-corrected chi connectivity index (χ0v) is 16.6. The summed E-state index contributed by atoms with van der Waals surface area (Å²) in [7, 11) is -0.759. The molecule has 0 atom stereocenters. The number of halogens is 1. The van der Waals surface area contributed by atoms with Crippen LogP contribution in [-0.4, -0.2) is 45.9 Å². The summed E-state index contributed by atoms with van der Waals surface area (Å²) in [6.07, 6.45) is 0. The SMILES string of the molecule is CN(C)C(=O)COC(=O)c1ccccc1NS(=O)(=O)c1ccc(Br)s1. The van der Waals surface area contributed by atoms with Gasteiger partial charge in [-0.25, -0.2) is 13.2 Å². The van der Waals surface area contributed by atoms with Crippen molar-refractivity contribution in [3.05, 3.63) is 45.7 Å². The number of hydrogen-bond acceptors (Lipinski definition) is 6. The summed E-state index contributed by atoms with van der Waals surface area (Å²) >= 11 is 4.26. The highest BCUT2D eigenvalue weighted by Crippen LogP contribution is 2.28. The molecule has 10 heteroatoms. The molecule has 2 aromatic rings. The highest BCUT2D eigenvalue weighted by Gasteiger charge is 2.21. The summed E-state index contributed by atoms with van der Waals surface area (Å²) in [5.74, 6) is -1.17. The molecule has 0 saturated heterocycles. The van der Waals surface area contributed by atoms with E-state index in [-0.39, 0.29) is 21.4 Å². The van der Waals surface area contributed by atoms with Crippen molar-refractivity contribution >= 4 is 54.9 Å². The van der Waals surface area contributed by atoms with Gasteiger partial charge in [-0.2, -0.15) is 0 Å². The molecule has 1 N–H and O–H groups in total. The Balaban J connectivity index is 2.20. The summed E-state index contributed by atoms with van der Waals surface area (Å²) in [5.41, 5.74) is 0.0996. The third-order valence-electron chi connectivity index (χ3n) is 3.03. The van der Waals surface area contributed by atoms with Gasteiger partial charge in [-0.1, -0.05) is 12.1 Å². The summed E-state index contributed by atoms with van der Waals surface area (Å²) in [5, 5.41) is 0. The largest absolute Gasteiger partial charge is 0.452 e. The molecule has 1 heterocycles. The maximum atomic E-state index is 12.4. The van der Waals surface area contributed by atoms with E-state index < -0.39 is 22.6 Å². The lowest BCUT2D eigenvalue weighted by molar-refractivity contribution is -0.131. The molecule has 1 aromatic carbocycles. The van der Waals surface area contributed by atoms with E-state index in [9.17, 15) is 18.0 Å². The highest BCUT2D eigenvalue weighted by molar-refractivity contribution is 9.11. The minimum absolute atomic E-state index is 0.0215. The lowest BCUT2D eigenvalue weighted by atomic mass is 10.2. The van der Waals surface area contributed by atoms with Gasteiger partial charge in [-0.15, -0.1) is 11.3 Å². The molecule has 1 aromatic heterocycles. The smallest absolute Gasteiger partial charge is 0.340 e. The van der Waals surface area contributed by atoms with Crippen molar-refractivity contribution in [2.75, 3.05) is 25.4 Å². The second kappa shape index (κ2) is 7.98. The first kappa shape index (κ1) is 19.4. The number of nitrogens with zero attached hydrogens (tertiary/aromatic N) is 1. The van der Waals surface area contributed by atoms with Crippen LogP contribution in [-0.2, 0) is 19.6 Å². The first-order valence-corrected chi connectivity index (χ1v) is 10.0. The zero-order chi connectivity index (χ0) is 18.6. The molecule has 2 rings (SSSR count). The number of hydrogen-bond donors (Lipinski definition) is 1. The number of amides is 1. The molecule has 0 aliphatic rings. The Kier molecular flexibility index (Phi) is 6.20. The molecule has 0 radical (unpaired) electrons. The molecule has 25 heavy (non-hydrogen) atoms. The van der Waals surface area contributed by atoms with Crippen LogP contribution >= 0.6 is 27.3 Å². The Morgan fingerprint density at radius 2 is 1.88 bits per heavy atom. The average molecular weight is 447 g/mol. The molecule has 0 fully saturated rings. The van der Waals surface area contributed by atoms with E-state index in [2.05, 4.69) is 20.7 Å². The van der Waals surface area contributed by atoms with Crippen LogP contribution in [0.3, 0.4) is 0 Å². The minimum Gasteiger partial charge on any atom is -0.452 e. The lowest BCUT2D eigenvalue weighted by Gasteiger charge is -2.13. The van der Waals surface area contributed by atoms with Gasteiger partial charge in [-0.05, 0) is 40.2 Å². The standard InChI is InChI=1S/C15H15BrN2O5S2/c1-18(2)13(19)9-23-15(20)10-5-3-4-6-11(10)17-25(21,22)14-8-7-12(16)24-14/h3-8,17H,9H2,1-2H3. The number of likely N-dealkylation sites (N-methyl/N-ethyl adjacent to an activating group) is 1. The van der Waals surface area contributed by atoms with Crippen molar-refractivity contribution in [3.8, 4) is 0 Å². The van der Waals surface area contributed by atoms with Crippen molar-refractivity contribution in [1.82, 2.24) is 4.90 Å². The number of anilines is 1. The maximum absolute atomic E-state index is 12.4. The molecular weight excluding hydrogens is 432 g/mol. The fraction of sp³-hybridized carbons (Fsp3) is 0.200. The fourth-order valence-electron chi connectivity index (χ4n) is 1.72. The molecule has 1 amide bonds. The van der Waals surface area contributed by atoms with Gasteiger partial charge in [0.25, 0.3) is 15.9 Å². The van der Waals surface area contributed by atoms with Gasteiger partial charge in [0.05, 0.1) is 15.0 Å². The van der Waals surface area contributed by atoms with E-state index >= 15 is 0 Å². The molecule has 0 aliphatic heterocycles. The number of para-hydroxylation sites is 1. The molecule has 0 spiro atoms. The van der Waals surface area contributed by atoms with Crippen molar-refractivity contribution in [2.45, 2.75) is 4.21 Å². The Hall–Kier alpha value is -1.91. The number of nitrogens with one attached hydrogen (secondary N) is 1. The molecule has 7 nitrogen and oxygen atoms in total. The van der Waals surface area contributed by atoms with Gasteiger partial charge in [0.15, 0.2) is 6.61 Å². The van der Waals surface area contributed by atoms with E-state index in [4.69, 9.17) is 4.74 Å². The topological polar surface area (TPSA) is 92.8 Å². The Labute approximate surface area is 157 Å². The van der Waals surface area contributed by atoms with Crippen molar-refractivity contribution in [3.63, 3.8) is 0 Å². The van der Waals surface area contributed by atoms with Crippen LogP contribution < -0.4 is 4.72 Å². The first-order chi connectivity index (χ1) is 11.7. The minimum atomic E-state index is -3.84. The van der Waals surface area contributed by atoms with Gasteiger partial charge >= 0.3 is 5.97 Å². The van der Waals surface area contributed by atoms with E-state index in [1.165, 1.54) is 37.2 Å². The predicted octanol–water partition coefficient (Wildman–Crippen LogP) is 2.56. The van der Waals surface area contributed by atoms with Gasteiger partial charge in [0.1, 0.15) is 4.21 Å². The number of carbonyl (C=O) groups is 2. The Morgan fingerprint density at radius 1 is 1.20 bits per heavy atom. The van der Waals surface area contributed by atoms with Crippen LogP contribution in [0, 0.1) is 0 Å². The third kappa shape index (κ3) is 5.03. The molecular formula is C15H15BrN2O5S2. The molecule has 0 unspecified atom stereocenters. The van der Waals surface area contributed by atoms with Crippen LogP contribution in [0.2, 0.25) is 0 Å². The van der Waals surface area contributed by atoms with E-state index in [1.54, 1.807) is 18.2 Å². The maximum Gasteiger partial charge on any atom is 0.340 e. The van der Waals surface area contributed by atoms with Crippen LogP contribution in [0.25, 0.3) is 0 Å². The van der Waals surface area contributed by atoms with Gasteiger partial charge in [0.2, 0.25) is 0 Å². The Morgan fingerprint density at radius 3 is 2.48 bits per heavy atom. The number of ether oxygens (including phenoxy) is 1. The van der Waals surface area contributed by atoms with Gasteiger partial charge in [-0.3, -0.25) is 9.52 Å². The number of esters is 1. The van der Waals surface area contributed by atoms with Crippen LogP contribution in [0.5, 0.6) is 0 Å². The predicted molar refractivity (Wildman–Crippen MR) is 98.2 cm³/mol. The monoisotopic (exact) mass is 446 g/mol. The number of benzene rings is 1. The van der Waals surface area contributed by atoms with Crippen LogP contribution in [0.4, 0.5) is 5.69 Å². The molecule has 0 bridgehead atoms. The van der Waals surface area contributed by atoms with E-state index in [1.807, 2.05) is 0 Å². The number of carbonyl (C=O) groups excluding carboxylic acids is 2. The first-order valence-electron chi connectivity index (χ1n) is 6.95. The number of rotatable bonds is 6. The summed E-state index contributed by atoms with van der Waals surface area (Å²) in [6, 6.07) is 9.10. The number of sulfonamides is 1. The van der Waals surface area contributed by atoms with Crippen LogP contribution in [0.1, 0.15) is 10.4 Å². The molecule has 134 valence electrons. The molecule has 0 aliphatic carbocycles. The summed E-state index contributed by atoms with van der Waals surface area (Å²) < 4.78 is 32.9. The van der Waals surface area contributed by atoms with E-state index in [0.717, 1.165) is 11.3 Å². The van der Waals surface area contributed by atoms with Gasteiger partial charge in [0, 0.05) is 14.1 Å².